The van der Waals surface area contributed by atoms with Gasteiger partial charge in [-0.05, 0) is 32.7 Å². The van der Waals surface area contributed by atoms with E-state index >= 15 is 0 Å². The minimum atomic E-state index is -1.47. The standard InChI is InChI=1S/C6H19NOSi2/c1-9(2,3)8-10(4,5)6-7/h6-7H2,1-5H3. The van der Waals surface area contributed by atoms with E-state index in [0.717, 1.165) is 6.17 Å². The molecule has 0 rings (SSSR count). The minimum absolute atomic E-state index is 0.733. The van der Waals surface area contributed by atoms with Crippen LogP contribution in [0.5, 0.6) is 0 Å². The van der Waals surface area contributed by atoms with Gasteiger partial charge in [0.15, 0.2) is 16.6 Å². The minimum Gasteiger partial charge on any atom is -0.455 e. The van der Waals surface area contributed by atoms with Gasteiger partial charge < -0.3 is 9.85 Å². The van der Waals surface area contributed by atoms with Crippen LogP contribution in [-0.4, -0.2) is 22.8 Å². The molecule has 2 N–H and O–H groups in total. The second kappa shape index (κ2) is 3.17. The molecule has 0 atom stereocenters. The van der Waals surface area contributed by atoms with E-state index in [2.05, 4.69) is 32.7 Å². The summed E-state index contributed by atoms with van der Waals surface area (Å²) >= 11 is 0. The zero-order valence-electron chi connectivity index (χ0n) is 7.69. The third-order valence-electron chi connectivity index (χ3n) is 1.07. The molecular formula is C6H19NOSi2. The summed E-state index contributed by atoms with van der Waals surface area (Å²) in [5, 5.41) is 0. The highest BCUT2D eigenvalue weighted by atomic mass is 28.4. The molecule has 0 unspecified atom stereocenters. The van der Waals surface area contributed by atoms with E-state index < -0.39 is 16.6 Å². The van der Waals surface area contributed by atoms with Gasteiger partial charge in [-0.15, -0.1) is 0 Å². The molecule has 0 amide bonds. The van der Waals surface area contributed by atoms with Gasteiger partial charge in [-0.1, -0.05) is 0 Å². The van der Waals surface area contributed by atoms with Crippen molar-refractivity contribution in [1.29, 1.82) is 0 Å². The summed E-state index contributed by atoms with van der Waals surface area (Å²) < 4.78 is 5.93. The molecule has 0 aliphatic carbocycles. The van der Waals surface area contributed by atoms with Crippen molar-refractivity contribution in [2.45, 2.75) is 32.7 Å². The molecule has 10 heavy (non-hydrogen) atoms. The largest absolute Gasteiger partial charge is 0.455 e. The summed E-state index contributed by atoms with van der Waals surface area (Å²) in [6.45, 7) is 11.0. The second-order valence-corrected chi connectivity index (χ2v) is 13.1. The fourth-order valence-electron chi connectivity index (χ4n) is 0.871. The summed E-state index contributed by atoms with van der Waals surface area (Å²) in [4.78, 5) is 0. The molecule has 0 bridgehead atoms. The number of rotatable bonds is 3. The normalized spacial score (nSPS) is 13.8. The highest BCUT2D eigenvalue weighted by Gasteiger charge is 2.27. The highest BCUT2D eigenvalue weighted by Crippen LogP contribution is 2.11. The highest BCUT2D eigenvalue weighted by molar-refractivity contribution is 6.84. The molecule has 0 saturated carbocycles. The van der Waals surface area contributed by atoms with Crippen LogP contribution in [0.1, 0.15) is 0 Å². The maximum atomic E-state index is 5.93. The second-order valence-electron chi connectivity index (χ2n) is 4.18. The first-order valence-corrected chi connectivity index (χ1v) is 10.2. The van der Waals surface area contributed by atoms with Crippen molar-refractivity contribution in [2.24, 2.45) is 5.73 Å². The van der Waals surface area contributed by atoms with Gasteiger partial charge in [0.25, 0.3) is 0 Å². The van der Waals surface area contributed by atoms with Crippen LogP contribution < -0.4 is 5.73 Å². The van der Waals surface area contributed by atoms with E-state index in [9.17, 15) is 0 Å². The van der Waals surface area contributed by atoms with Crippen LogP contribution >= 0.6 is 0 Å². The van der Waals surface area contributed by atoms with E-state index in [-0.39, 0.29) is 0 Å². The maximum Gasteiger partial charge on any atom is 0.186 e. The molecular weight excluding hydrogens is 158 g/mol. The average molecular weight is 177 g/mol. The Kier molecular flexibility index (Phi) is 3.28. The van der Waals surface area contributed by atoms with Gasteiger partial charge in [0.05, 0.1) is 0 Å². The molecule has 0 spiro atoms. The summed E-state index contributed by atoms with van der Waals surface area (Å²) in [7, 11) is -2.81. The molecule has 0 saturated heterocycles. The van der Waals surface area contributed by atoms with E-state index in [1.165, 1.54) is 0 Å². The Balaban J connectivity index is 3.89. The topological polar surface area (TPSA) is 35.2 Å². The summed E-state index contributed by atoms with van der Waals surface area (Å²) in [6, 6.07) is 0. The predicted molar refractivity (Wildman–Crippen MR) is 51.0 cm³/mol. The van der Waals surface area contributed by atoms with Gasteiger partial charge >= 0.3 is 0 Å². The van der Waals surface area contributed by atoms with Crippen molar-refractivity contribution in [1.82, 2.24) is 0 Å². The lowest BCUT2D eigenvalue weighted by Crippen LogP contribution is -2.47. The third-order valence-corrected chi connectivity index (χ3v) is 6.72. The van der Waals surface area contributed by atoms with Gasteiger partial charge in [0.2, 0.25) is 0 Å². The van der Waals surface area contributed by atoms with E-state index in [1.54, 1.807) is 0 Å². The zero-order valence-corrected chi connectivity index (χ0v) is 9.69. The van der Waals surface area contributed by atoms with Crippen LogP contribution in [0, 0.1) is 0 Å². The molecule has 0 fully saturated rings. The van der Waals surface area contributed by atoms with Gasteiger partial charge in [-0.3, -0.25) is 0 Å². The first kappa shape index (κ1) is 10.4. The Hall–Kier alpha value is 0.354. The van der Waals surface area contributed by atoms with E-state index in [1.807, 2.05) is 0 Å². The maximum absolute atomic E-state index is 5.93. The molecule has 62 valence electrons. The first-order chi connectivity index (χ1) is 4.27. The Morgan fingerprint density at radius 2 is 1.50 bits per heavy atom. The molecule has 0 aromatic heterocycles. The van der Waals surface area contributed by atoms with Gasteiger partial charge in [-0.25, -0.2) is 0 Å². The Bertz CT molecular complexity index is 109. The van der Waals surface area contributed by atoms with E-state index in [0.29, 0.717) is 0 Å². The molecule has 0 aliphatic heterocycles. The lowest BCUT2D eigenvalue weighted by atomic mass is 11.5. The zero-order chi connectivity index (χ0) is 8.41. The molecule has 4 heteroatoms. The molecule has 0 aromatic rings. The summed E-state index contributed by atoms with van der Waals surface area (Å²) in [6.07, 6.45) is 0.733. The fourth-order valence-corrected chi connectivity index (χ4v) is 7.83. The molecule has 0 aromatic carbocycles. The van der Waals surface area contributed by atoms with Crippen molar-refractivity contribution in [3.8, 4) is 0 Å². The van der Waals surface area contributed by atoms with Crippen molar-refractivity contribution in [2.75, 3.05) is 6.17 Å². The molecule has 2 nitrogen and oxygen atoms in total. The van der Waals surface area contributed by atoms with Crippen molar-refractivity contribution in [3.63, 3.8) is 0 Å². The fraction of sp³-hybridized carbons (Fsp3) is 1.00. The van der Waals surface area contributed by atoms with Gasteiger partial charge in [0.1, 0.15) is 0 Å². The van der Waals surface area contributed by atoms with Crippen molar-refractivity contribution < 1.29 is 4.12 Å². The number of hydrogen-bond donors (Lipinski definition) is 1. The monoisotopic (exact) mass is 177 g/mol. The van der Waals surface area contributed by atoms with Crippen molar-refractivity contribution >= 4 is 16.6 Å². The van der Waals surface area contributed by atoms with Crippen LogP contribution in [0.3, 0.4) is 0 Å². The molecule has 0 heterocycles. The van der Waals surface area contributed by atoms with Gasteiger partial charge in [0, 0.05) is 6.17 Å². The molecule has 0 aliphatic rings. The third kappa shape index (κ3) is 5.16. The Labute approximate surface area is 66.0 Å². The van der Waals surface area contributed by atoms with Crippen molar-refractivity contribution in [3.05, 3.63) is 0 Å². The lowest BCUT2D eigenvalue weighted by Gasteiger charge is -2.30. The van der Waals surface area contributed by atoms with Crippen LogP contribution in [0.15, 0.2) is 0 Å². The smallest absolute Gasteiger partial charge is 0.186 e. The first-order valence-electron chi connectivity index (χ1n) is 3.67. The quantitative estimate of drug-likeness (QED) is 0.664. The lowest BCUT2D eigenvalue weighted by molar-refractivity contribution is 0.550. The van der Waals surface area contributed by atoms with Gasteiger partial charge in [-0.2, -0.15) is 0 Å². The molecule has 0 radical (unpaired) electrons. The Morgan fingerprint density at radius 1 is 1.10 bits per heavy atom. The number of hydrogen-bond acceptors (Lipinski definition) is 2. The summed E-state index contributed by atoms with van der Waals surface area (Å²) in [5.74, 6) is 0. The number of nitrogens with two attached hydrogens (primary N) is 1. The average Bonchev–Trinajstić information content (AvgIpc) is 1.60. The summed E-state index contributed by atoms with van der Waals surface area (Å²) in [5.41, 5.74) is 5.57. The van der Waals surface area contributed by atoms with E-state index in [4.69, 9.17) is 9.85 Å². The SMILES string of the molecule is C[Si](C)(C)O[Si](C)(C)CN. The van der Waals surface area contributed by atoms with Crippen LogP contribution in [0.25, 0.3) is 0 Å². The van der Waals surface area contributed by atoms with Crippen LogP contribution in [0.2, 0.25) is 32.7 Å². The van der Waals surface area contributed by atoms with Crippen LogP contribution in [0.4, 0.5) is 0 Å². The predicted octanol–water partition coefficient (Wildman–Crippen LogP) is 1.54. The van der Waals surface area contributed by atoms with Crippen LogP contribution in [-0.2, 0) is 4.12 Å². The Morgan fingerprint density at radius 3 is 1.60 bits per heavy atom.